The topological polar surface area (TPSA) is 114 Å². The number of rotatable bonds is 6. The van der Waals surface area contributed by atoms with Crippen molar-refractivity contribution < 1.29 is 9.53 Å². The van der Waals surface area contributed by atoms with Crippen LogP contribution in [0.1, 0.15) is 24.6 Å². The maximum absolute atomic E-state index is 12.5. The van der Waals surface area contributed by atoms with Crippen LogP contribution in [0.2, 0.25) is 0 Å². The number of nitrogens with one attached hydrogen (secondary N) is 2. The van der Waals surface area contributed by atoms with Crippen LogP contribution in [-0.2, 0) is 11.2 Å². The second kappa shape index (κ2) is 7.39. The third-order valence-corrected chi connectivity index (χ3v) is 5.20. The highest BCUT2D eigenvalue weighted by Gasteiger charge is 2.15. The number of benzene rings is 1. The van der Waals surface area contributed by atoms with Crippen LogP contribution in [0.25, 0.3) is 16.0 Å². The van der Waals surface area contributed by atoms with Gasteiger partial charge in [0.25, 0.3) is 11.3 Å². The van der Waals surface area contributed by atoms with Crippen LogP contribution in [0, 0.1) is 6.92 Å². The summed E-state index contributed by atoms with van der Waals surface area (Å²) in [6, 6.07) is 5.68. The summed E-state index contributed by atoms with van der Waals surface area (Å²) in [7, 11) is 0. The van der Waals surface area contributed by atoms with Crippen LogP contribution in [0.15, 0.2) is 29.3 Å². The molecule has 4 rings (SSSR count). The average Bonchev–Trinajstić information content (AvgIpc) is 3.28. The highest BCUT2D eigenvalue weighted by molar-refractivity contribution is 7.22. The minimum absolute atomic E-state index is 0.145. The molecule has 0 spiro atoms. The van der Waals surface area contributed by atoms with Crippen molar-refractivity contribution in [2.24, 2.45) is 0 Å². The van der Waals surface area contributed by atoms with Crippen molar-refractivity contribution in [3.63, 3.8) is 0 Å². The average molecular weight is 398 g/mol. The van der Waals surface area contributed by atoms with E-state index in [1.165, 1.54) is 22.2 Å². The van der Waals surface area contributed by atoms with Gasteiger partial charge in [-0.05, 0) is 32.4 Å². The van der Waals surface area contributed by atoms with Gasteiger partial charge in [-0.25, -0.2) is 15.0 Å². The molecule has 0 unspecified atom stereocenters. The van der Waals surface area contributed by atoms with Gasteiger partial charge in [0.15, 0.2) is 5.13 Å². The molecular formula is C18H18N6O3S. The number of para-hydroxylation sites is 1. The Bertz CT molecular complexity index is 1230. The Balaban J connectivity index is 1.49. The molecule has 0 saturated carbocycles. The fraction of sp³-hybridized carbons (Fsp3) is 0.278. The Kier molecular flexibility index (Phi) is 4.78. The van der Waals surface area contributed by atoms with Gasteiger partial charge in [0, 0.05) is 12.0 Å². The van der Waals surface area contributed by atoms with Crippen molar-refractivity contribution in [2.75, 3.05) is 11.9 Å². The number of carbonyl (C=O) groups is 1. The van der Waals surface area contributed by atoms with E-state index in [4.69, 9.17) is 4.74 Å². The summed E-state index contributed by atoms with van der Waals surface area (Å²) >= 11 is 1.38. The molecule has 0 aliphatic heterocycles. The van der Waals surface area contributed by atoms with Gasteiger partial charge in [-0.2, -0.15) is 4.52 Å². The minimum atomic E-state index is -0.242. The van der Waals surface area contributed by atoms with Gasteiger partial charge >= 0.3 is 0 Å². The molecule has 1 aromatic carbocycles. The Morgan fingerprint density at radius 3 is 3.04 bits per heavy atom. The maximum Gasteiger partial charge on any atom is 0.277 e. The van der Waals surface area contributed by atoms with Crippen LogP contribution < -0.4 is 15.6 Å². The number of aromatic nitrogens is 5. The van der Waals surface area contributed by atoms with Crippen molar-refractivity contribution in [1.29, 1.82) is 0 Å². The predicted octanol–water partition coefficient (Wildman–Crippen LogP) is 2.31. The number of thiazole rings is 1. The number of carbonyl (C=O) groups excluding carboxylic acids is 1. The predicted molar refractivity (Wildman–Crippen MR) is 106 cm³/mol. The third kappa shape index (κ3) is 3.33. The monoisotopic (exact) mass is 398 g/mol. The van der Waals surface area contributed by atoms with Gasteiger partial charge in [-0.3, -0.25) is 14.7 Å². The zero-order valence-electron chi connectivity index (χ0n) is 15.4. The molecule has 10 heteroatoms. The van der Waals surface area contributed by atoms with E-state index in [1.54, 1.807) is 6.92 Å². The SMILES string of the molecule is CCOc1cccc2sc(NC(=O)CCc3c(C)nc4nc[nH]n4c3=O)nc12. The van der Waals surface area contributed by atoms with Crippen LogP contribution in [0.4, 0.5) is 5.13 Å². The van der Waals surface area contributed by atoms with Gasteiger partial charge in [-0.1, -0.05) is 17.4 Å². The molecule has 0 aliphatic rings. The van der Waals surface area contributed by atoms with E-state index in [2.05, 4.69) is 25.4 Å². The summed E-state index contributed by atoms with van der Waals surface area (Å²) in [5.74, 6) is 0.792. The molecule has 9 nitrogen and oxygen atoms in total. The first kappa shape index (κ1) is 18.1. The third-order valence-electron chi connectivity index (χ3n) is 4.26. The van der Waals surface area contributed by atoms with Crippen LogP contribution in [0.5, 0.6) is 5.75 Å². The fourth-order valence-electron chi connectivity index (χ4n) is 2.95. The lowest BCUT2D eigenvalue weighted by Crippen LogP contribution is -2.23. The molecule has 28 heavy (non-hydrogen) atoms. The summed E-state index contributed by atoms with van der Waals surface area (Å²) in [4.78, 5) is 37.6. The second-order valence-corrected chi connectivity index (χ2v) is 7.14. The minimum Gasteiger partial charge on any atom is -0.492 e. The molecule has 2 N–H and O–H groups in total. The van der Waals surface area contributed by atoms with Gasteiger partial charge < -0.3 is 10.1 Å². The number of aryl methyl sites for hydroxylation is 1. The van der Waals surface area contributed by atoms with Crippen molar-refractivity contribution in [2.45, 2.75) is 26.7 Å². The van der Waals surface area contributed by atoms with Crippen LogP contribution in [0.3, 0.4) is 0 Å². The first-order valence-corrected chi connectivity index (χ1v) is 9.62. The first-order valence-electron chi connectivity index (χ1n) is 8.80. The van der Waals surface area contributed by atoms with E-state index in [0.717, 1.165) is 10.2 Å². The molecule has 0 fully saturated rings. The largest absolute Gasteiger partial charge is 0.492 e. The number of anilines is 1. The normalized spacial score (nSPS) is 11.2. The van der Waals surface area contributed by atoms with Crippen LogP contribution in [-0.4, -0.2) is 37.1 Å². The number of aromatic amines is 1. The van der Waals surface area contributed by atoms with E-state index in [9.17, 15) is 9.59 Å². The summed E-state index contributed by atoms with van der Waals surface area (Å²) in [6.07, 6.45) is 1.83. The molecule has 0 bridgehead atoms. The second-order valence-electron chi connectivity index (χ2n) is 6.11. The molecule has 0 radical (unpaired) electrons. The molecule has 0 atom stereocenters. The van der Waals surface area contributed by atoms with Crippen molar-refractivity contribution >= 4 is 38.4 Å². The number of hydrogen-bond donors (Lipinski definition) is 2. The van der Waals surface area contributed by atoms with E-state index in [1.807, 2.05) is 25.1 Å². The number of ether oxygens (including phenoxy) is 1. The van der Waals surface area contributed by atoms with E-state index < -0.39 is 0 Å². The molecule has 1 amide bonds. The van der Waals surface area contributed by atoms with E-state index in [0.29, 0.717) is 34.5 Å². The van der Waals surface area contributed by atoms with Crippen molar-refractivity contribution in [3.8, 4) is 5.75 Å². The summed E-state index contributed by atoms with van der Waals surface area (Å²) in [6.45, 7) is 4.20. The highest BCUT2D eigenvalue weighted by atomic mass is 32.1. The lowest BCUT2D eigenvalue weighted by Gasteiger charge is -2.05. The molecule has 144 valence electrons. The summed E-state index contributed by atoms with van der Waals surface area (Å²) in [5, 5.41) is 6.03. The Morgan fingerprint density at radius 2 is 2.21 bits per heavy atom. The Morgan fingerprint density at radius 1 is 1.36 bits per heavy atom. The van der Waals surface area contributed by atoms with Gasteiger partial charge in [0.05, 0.1) is 17.0 Å². The number of fused-ring (bicyclic) bond motifs is 2. The summed E-state index contributed by atoms with van der Waals surface area (Å²) in [5.41, 5.74) is 1.55. The maximum atomic E-state index is 12.5. The molecule has 4 aromatic rings. The fourth-order valence-corrected chi connectivity index (χ4v) is 3.85. The smallest absolute Gasteiger partial charge is 0.277 e. The van der Waals surface area contributed by atoms with Crippen molar-refractivity contribution in [1.82, 2.24) is 24.6 Å². The summed E-state index contributed by atoms with van der Waals surface area (Å²) < 4.78 is 7.78. The van der Waals surface area contributed by atoms with Crippen LogP contribution >= 0.6 is 11.3 Å². The number of H-pyrrole nitrogens is 1. The lowest BCUT2D eigenvalue weighted by molar-refractivity contribution is -0.116. The molecular weight excluding hydrogens is 380 g/mol. The molecule has 3 aromatic heterocycles. The van der Waals surface area contributed by atoms with Gasteiger partial charge in [-0.15, -0.1) is 0 Å². The number of nitrogens with zero attached hydrogens (tertiary/aromatic N) is 4. The Hall–Kier alpha value is -3.27. The number of hydrogen-bond acceptors (Lipinski definition) is 7. The molecule has 0 aliphatic carbocycles. The Labute approximate surface area is 163 Å². The van der Waals surface area contributed by atoms with E-state index >= 15 is 0 Å². The molecule has 3 heterocycles. The highest BCUT2D eigenvalue weighted by Crippen LogP contribution is 2.32. The standard InChI is InChI=1S/C18H18N6O3S/c1-3-27-12-5-4-6-13-15(12)23-18(28-13)22-14(25)8-7-11-10(2)21-17-19-9-20-24(17)16(11)26/h4-6,9H,3,7-8H2,1-2H3,(H,19,20,21)(H,22,23,25). The number of amides is 1. The van der Waals surface area contributed by atoms with Gasteiger partial charge in [0.1, 0.15) is 17.6 Å². The zero-order chi connectivity index (χ0) is 19.7. The zero-order valence-corrected chi connectivity index (χ0v) is 16.2. The van der Waals surface area contributed by atoms with Crippen molar-refractivity contribution in [3.05, 3.63) is 46.1 Å². The lowest BCUT2D eigenvalue weighted by atomic mass is 10.1. The first-order chi connectivity index (χ1) is 13.6. The van der Waals surface area contributed by atoms with E-state index in [-0.39, 0.29) is 24.3 Å². The quantitative estimate of drug-likeness (QED) is 0.515. The molecule has 0 saturated heterocycles. The van der Waals surface area contributed by atoms with Gasteiger partial charge in [0.2, 0.25) is 5.91 Å².